The first kappa shape index (κ1) is 14.9. The van der Waals surface area contributed by atoms with E-state index in [0.29, 0.717) is 13.2 Å². The van der Waals surface area contributed by atoms with Crippen molar-refractivity contribution in [1.29, 1.82) is 0 Å². The van der Waals surface area contributed by atoms with Gasteiger partial charge in [-0.3, -0.25) is 0 Å². The van der Waals surface area contributed by atoms with Crippen LogP contribution in [0.3, 0.4) is 0 Å². The third kappa shape index (κ3) is 4.54. The topological polar surface area (TPSA) is 30.5 Å². The first-order valence-electron chi connectivity index (χ1n) is 6.53. The van der Waals surface area contributed by atoms with Gasteiger partial charge in [0.15, 0.2) is 0 Å². The van der Waals surface area contributed by atoms with Gasteiger partial charge in [0.25, 0.3) is 0 Å². The molecule has 0 unspecified atom stereocenters. The van der Waals surface area contributed by atoms with Gasteiger partial charge in [0.2, 0.25) is 0 Å². The number of nitrogens with one attached hydrogen (secondary N) is 1. The van der Waals surface area contributed by atoms with E-state index in [-0.39, 0.29) is 0 Å². The number of rotatable bonds is 7. The molecule has 2 aromatic carbocycles. The van der Waals surface area contributed by atoms with Gasteiger partial charge in [-0.1, -0.05) is 34.1 Å². The van der Waals surface area contributed by atoms with E-state index in [1.54, 1.807) is 0 Å². The zero-order valence-electron chi connectivity index (χ0n) is 11.4. The molecule has 0 amide bonds. The fourth-order valence-corrected chi connectivity index (χ4v) is 2.19. The SMILES string of the molecule is CNCc1cc(OCCOc2ccccc2)ccc1Br. The van der Waals surface area contributed by atoms with Crippen LogP contribution in [0.1, 0.15) is 5.56 Å². The van der Waals surface area contributed by atoms with Crippen molar-refractivity contribution in [2.45, 2.75) is 6.54 Å². The third-order valence-corrected chi connectivity index (χ3v) is 3.52. The quantitative estimate of drug-likeness (QED) is 0.784. The highest BCUT2D eigenvalue weighted by molar-refractivity contribution is 9.10. The molecule has 0 bridgehead atoms. The Morgan fingerprint density at radius 1 is 0.950 bits per heavy atom. The molecule has 0 fully saturated rings. The lowest BCUT2D eigenvalue weighted by Crippen LogP contribution is -2.10. The number of ether oxygens (including phenoxy) is 2. The van der Waals surface area contributed by atoms with Crippen molar-refractivity contribution < 1.29 is 9.47 Å². The zero-order chi connectivity index (χ0) is 14.2. The second-order valence-corrected chi connectivity index (χ2v) is 5.15. The fraction of sp³-hybridized carbons (Fsp3) is 0.250. The Kier molecular flexibility index (Phi) is 5.89. The molecule has 20 heavy (non-hydrogen) atoms. The molecular formula is C16H18BrNO2. The summed E-state index contributed by atoms with van der Waals surface area (Å²) in [4.78, 5) is 0. The summed E-state index contributed by atoms with van der Waals surface area (Å²) in [6.45, 7) is 1.86. The summed E-state index contributed by atoms with van der Waals surface area (Å²) in [6.07, 6.45) is 0. The van der Waals surface area contributed by atoms with Gasteiger partial charge in [-0.15, -0.1) is 0 Å². The van der Waals surface area contributed by atoms with Crippen molar-refractivity contribution in [1.82, 2.24) is 5.32 Å². The standard InChI is InChI=1S/C16H18BrNO2/c1-18-12-13-11-15(7-8-16(13)17)20-10-9-19-14-5-3-2-4-6-14/h2-8,11,18H,9-10,12H2,1H3. The van der Waals surface area contributed by atoms with Gasteiger partial charge in [-0.2, -0.15) is 0 Å². The first-order chi connectivity index (χ1) is 9.79. The molecule has 106 valence electrons. The maximum absolute atomic E-state index is 5.70. The van der Waals surface area contributed by atoms with E-state index in [4.69, 9.17) is 9.47 Å². The normalized spacial score (nSPS) is 10.3. The van der Waals surface area contributed by atoms with Gasteiger partial charge in [0.1, 0.15) is 24.7 Å². The van der Waals surface area contributed by atoms with Crippen molar-refractivity contribution in [2.24, 2.45) is 0 Å². The van der Waals surface area contributed by atoms with E-state index in [1.807, 2.05) is 55.6 Å². The molecule has 1 N–H and O–H groups in total. The second kappa shape index (κ2) is 7.92. The second-order valence-electron chi connectivity index (χ2n) is 4.29. The lowest BCUT2D eigenvalue weighted by molar-refractivity contribution is 0.217. The average molecular weight is 336 g/mol. The lowest BCUT2D eigenvalue weighted by atomic mass is 10.2. The Hall–Kier alpha value is -1.52. The summed E-state index contributed by atoms with van der Waals surface area (Å²) in [5.74, 6) is 1.72. The molecule has 3 nitrogen and oxygen atoms in total. The predicted molar refractivity (Wildman–Crippen MR) is 84.3 cm³/mol. The third-order valence-electron chi connectivity index (χ3n) is 2.75. The highest BCUT2D eigenvalue weighted by atomic mass is 79.9. The van der Waals surface area contributed by atoms with Crippen LogP contribution < -0.4 is 14.8 Å². The van der Waals surface area contributed by atoms with Gasteiger partial charge in [-0.05, 0) is 42.9 Å². The largest absolute Gasteiger partial charge is 0.490 e. The number of halogens is 1. The Morgan fingerprint density at radius 3 is 2.35 bits per heavy atom. The van der Waals surface area contributed by atoms with Gasteiger partial charge in [-0.25, -0.2) is 0 Å². The van der Waals surface area contributed by atoms with Crippen LogP contribution in [0.4, 0.5) is 0 Å². The van der Waals surface area contributed by atoms with Gasteiger partial charge in [0, 0.05) is 11.0 Å². The van der Waals surface area contributed by atoms with Crippen LogP contribution in [0, 0.1) is 0 Å². The molecule has 0 spiro atoms. The molecule has 0 atom stereocenters. The van der Waals surface area contributed by atoms with Gasteiger partial charge < -0.3 is 14.8 Å². The average Bonchev–Trinajstić information content (AvgIpc) is 2.48. The Balaban J connectivity index is 1.80. The van der Waals surface area contributed by atoms with Crippen molar-refractivity contribution in [3.63, 3.8) is 0 Å². The first-order valence-corrected chi connectivity index (χ1v) is 7.32. The predicted octanol–water partition coefficient (Wildman–Crippen LogP) is 3.63. The van der Waals surface area contributed by atoms with Crippen molar-refractivity contribution >= 4 is 15.9 Å². The molecule has 0 saturated carbocycles. The van der Waals surface area contributed by atoms with Crippen molar-refractivity contribution in [3.05, 3.63) is 58.6 Å². The minimum atomic E-state index is 0.523. The molecule has 2 rings (SSSR count). The van der Waals surface area contributed by atoms with Crippen LogP contribution >= 0.6 is 15.9 Å². The summed E-state index contributed by atoms with van der Waals surface area (Å²) in [7, 11) is 1.92. The van der Waals surface area contributed by atoms with Crippen LogP contribution in [-0.2, 0) is 6.54 Å². The summed E-state index contributed by atoms with van der Waals surface area (Å²) in [6, 6.07) is 15.7. The van der Waals surface area contributed by atoms with E-state index in [9.17, 15) is 0 Å². The highest BCUT2D eigenvalue weighted by Gasteiger charge is 2.02. The summed E-state index contributed by atoms with van der Waals surface area (Å²) >= 11 is 3.52. The maximum atomic E-state index is 5.70. The minimum absolute atomic E-state index is 0.523. The summed E-state index contributed by atoms with van der Waals surface area (Å²) in [5, 5.41) is 3.13. The Bertz CT molecular complexity index is 531. The van der Waals surface area contributed by atoms with E-state index in [2.05, 4.69) is 21.2 Å². The van der Waals surface area contributed by atoms with E-state index >= 15 is 0 Å². The highest BCUT2D eigenvalue weighted by Crippen LogP contribution is 2.22. The molecule has 0 heterocycles. The molecule has 4 heteroatoms. The molecule has 0 aromatic heterocycles. The molecule has 0 aliphatic heterocycles. The number of hydrogen-bond acceptors (Lipinski definition) is 3. The zero-order valence-corrected chi connectivity index (χ0v) is 13.0. The number of benzene rings is 2. The molecule has 0 aliphatic rings. The molecule has 0 saturated heterocycles. The van der Waals surface area contributed by atoms with E-state index in [1.165, 1.54) is 5.56 Å². The molecule has 0 aliphatic carbocycles. The van der Waals surface area contributed by atoms with Crippen LogP contribution in [0.15, 0.2) is 53.0 Å². The Labute approximate surface area is 128 Å². The number of para-hydroxylation sites is 1. The fourth-order valence-electron chi connectivity index (χ4n) is 1.80. The summed E-state index contributed by atoms with van der Waals surface area (Å²) in [5.41, 5.74) is 1.17. The molecule has 2 aromatic rings. The minimum Gasteiger partial charge on any atom is -0.490 e. The molecule has 0 radical (unpaired) electrons. The monoisotopic (exact) mass is 335 g/mol. The Morgan fingerprint density at radius 2 is 1.65 bits per heavy atom. The maximum Gasteiger partial charge on any atom is 0.122 e. The summed E-state index contributed by atoms with van der Waals surface area (Å²) < 4.78 is 12.4. The van der Waals surface area contributed by atoms with Crippen LogP contribution in [0.2, 0.25) is 0 Å². The number of hydrogen-bond donors (Lipinski definition) is 1. The lowest BCUT2D eigenvalue weighted by Gasteiger charge is -2.10. The van der Waals surface area contributed by atoms with Crippen LogP contribution in [0.5, 0.6) is 11.5 Å². The van der Waals surface area contributed by atoms with Gasteiger partial charge >= 0.3 is 0 Å². The van der Waals surface area contributed by atoms with Crippen LogP contribution in [-0.4, -0.2) is 20.3 Å². The van der Waals surface area contributed by atoms with E-state index in [0.717, 1.165) is 22.5 Å². The van der Waals surface area contributed by atoms with Crippen molar-refractivity contribution in [2.75, 3.05) is 20.3 Å². The van der Waals surface area contributed by atoms with Crippen LogP contribution in [0.25, 0.3) is 0 Å². The molecular weight excluding hydrogens is 318 g/mol. The van der Waals surface area contributed by atoms with Crippen molar-refractivity contribution in [3.8, 4) is 11.5 Å². The van der Waals surface area contributed by atoms with Gasteiger partial charge in [0.05, 0.1) is 0 Å². The smallest absolute Gasteiger partial charge is 0.122 e. The van der Waals surface area contributed by atoms with E-state index < -0.39 is 0 Å².